The van der Waals surface area contributed by atoms with E-state index < -0.39 is 0 Å². The van der Waals surface area contributed by atoms with Gasteiger partial charge in [-0.25, -0.2) is 4.39 Å². The number of hydrogen-bond acceptors (Lipinski definition) is 3. The fourth-order valence-corrected chi connectivity index (χ4v) is 2.25. The van der Waals surface area contributed by atoms with Gasteiger partial charge < -0.3 is 15.3 Å². The van der Waals surface area contributed by atoms with Crippen molar-refractivity contribution in [2.75, 3.05) is 24.6 Å². The summed E-state index contributed by atoms with van der Waals surface area (Å²) in [7, 11) is 0. The van der Waals surface area contributed by atoms with Crippen LogP contribution in [0.25, 0.3) is 0 Å². The van der Waals surface area contributed by atoms with Crippen LogP contribution in [-0.2, 0) is 6.54 Å². The second-order valence-corrected chi connectivity index (χ2v) is 4.68. The lowest BCUT2D eigenvalue weighted by molar-refractivity contribution is 0.301. The van der Waals surface area contributed by atoms with Gasteiger partial charge in [-0.05, 0) is 31.0 Å². The second kappa shape index (κ2) is 6.16. The van der Waals surface area contributed by atoms with Crippen LogP contribution in [-0.4, -0.2) is 30.8 Å². The molecule has 4 heteroatoms. The molecule has 0 atom stereocenters. The summed E-state index contributed by atoms with van der Waals surface area (Å²) in [5.41, 5.74) is 1.63. The zero-order chi connectivity index (χ0) is 13.0. The molecule has 1 aromatic carbocycles. The highest BCUT2D eigenvalue weighted by molar-refractivity contribution is 5.56. The zero-order valence-corrected chi connectivity index (χ0v) is 10.8. The Labute approximate surface area is 108 Å². The molecule has 3 nitrogen and oxygen atoms in total. The summed E-state index contributed by atoms with van der Waals surface area (Å²) in [5.74, 6) is -0.189. The van der Waals surface area contributed by atoms with Crippen molar-refractivity contribution in [1.82, 2.24) is 5.32 Å². The van der Waals surface area contributed by atoms with Crippen molar-refractivity contribution in [3.8, 4) is 0 Å². The van der Waals surface area contributed by atoms with Crippen molar-refractivity contribution < 1.29 is 9.50 Å². The van der Waals surface area contributed by atoms with E-state index in [1.807, 2.05) is 17.9 Å². The number of nitrogens with one attached hydrogen (secondary N) is 1. The minimum atomic E-state index is -0.189. The molecule has 0 bridgehead atoms. The van der Waals surface area contributed by atoms with Crippen LogP contribution >= 0.6 is 0 Å². The second-order valence-electron chi connectivity index (χ2n) is 4.68. The molecule has 0 aliphatic heterocycles. The fraction of sp³-hybridized carbons (Fsp3) is 0.571. The molecule has 0 saturated heterocycles. The van der Waals surface area contributed by atoms with Crippen LogP contribution in [0.3, 0.4) is 0 Å². The summed E-state index contributed by atoms with van der Waals surface area (Å²) in [6.45, 7) is 4.12. The molecule has 2 rings (SSSR count). The number of aliphatic hydroxyl groups excluding tert-OH is 1. The van der Waals surface area contributed by atoms with Gasteiger partial charge in [0.05, 0.1) is 12.3 Å². The Kier molecular flexibility index (Phi) is 4.55. The first-order valence-electron chi connectivity index (χ1n) is 6.63. The molecule has 1 aliphatic rings. The highest BCUT2D eigenvalue weighted by Gasteiger charge is 2.31. The Hall–Kier alpha value is -1.13. The van der Waals surface area contributed by atoms with E-state index in [0.717, 1.165) is 24.9 Å². The molecule has 1 aromatic rings. The van der Waals surface area contributed by atoms with E-state index in [-0.39, 0.29) is 12.4 Å². The third kappa shape index (κ3) is 3.00. The van der Waals surface area contributed by atoms with E-state index >= 15 is 0 Å². The lowest BCUT2D eigenvalue weighted by atomic mass is 10.1. The van der Waals surface area contributed by atoms with E-state index in [2.05, 4.69) is 5.32 Å². The molecule has 100 valence electrons. The Morgan fingerprint density at radius 3 is 2.83 bits per heavy atom. The van der Waals surface area contributed by atoms with Crippen molar-refractivity contribution >= 4 is 5.69 Å². The standard InChI is InChI=1S/C14H21FN2O/c1-2-16-10-11-4-3-5-13(15)14(11)17(8-9-18)12-6-7-12/h3-5,12,16,18H,2,6-10H2,1H3. The Morgan fingerprint density at radius 2 is 2.22 bits per heavy atom. The minimum absolute atomic E-state index is 0.0610. The third-order valence-electron chi connectivity index (χ3n) is 3.25. The maximum atomic E-state index is 14.1. The molecule has 18 heavy (non-hydrogen) atoms. The summed E-state index contributed by atoms with van der Waals surface area (Å²) in [6.07, 6.45) is 2.18. The number of rotatable bonds is 7. The summed E-state index contributed by atoms with van der Waals surface area (Å²) in [5, 5.41) is 12.4. The molecule has 1 fully saturated rings. The van der Waals surface area contributed by atoms with Crippen LogP contribution in [0.5, 0.6) is 0 Å². The van der Waals surface area contributed by atoms with Crippen LogP contribution in [0.2, 0.25) is 0 Å². The van der Waals surface area contributed by atoms with Crippen molar-refractivity contribution in [3.63, 3.8) is 0 Å². The normalized spacial score (nSPS) is 14.8. The molecule has 0 radical (unpaired) electrons. The average molecular weight is 252 g/mol. The molecule has 1 saturated carbocycles. The van der Waals surface area contributed by atoms with Crippen LogP contribution in [0.15, 0.2) is 18.2 Å². The Morgan fingerprint density at radius 1 is 1.44 bits per heavy atom. The number of halogens is 1. The van der Waals surface area contributed by atoms with E-state index in [1.165, 1.54) is 6.07 Å². The molecule has 0 unspecified atom stereocenters. The minimum Gasteiger partial charge on any atom is -0.395 e. The number of para-hydroxylation sites is 1. The molecule has 1 aliphatic carbocycles. The van der Waals surface area contributed by atoms with Crippen molar-refractivity contribution in [1.29, 1.82) is 0 Å². The third-order valence-corrected chi connectivity index (χ3v) is 3.25. The summed E-state index contributed by atoms with van der Waals surface area (Å²) < 4.78 is 14.1. The predicted molar refractivity (Wildman–Crippen MR) is 71.2 cm³/mol. The predicted octanol–water partition coefficient (Wildman–Crippen LogP) is 1.90. The number of nitrogens with zero attached hydrogens (tertiary/aromatic N) is 1. The first-order chi connectivity index (χ1) is 8.77. The first kappa shape index (κ1) is 13.3. The number of benzene rings is 1. The van der Waals surface area contributed by atoms with Crippen molar-refractivity contribution in [2.45, 2.75) is 32.4 Å². The van der Waals surface area contributed by atoms with Gasteiger partial charge in [0.1, 0.15) is 5.82 Å². The van der Waals surface area contributed by atoms with E-state index in [0.29, 0.717) is 24.8 Å². The Bertz CT molecular complexity index is 393. The van der Waals surface area contributed by atoms with Gasteiger partial charge in [-0.2, -0.15) is 0 Å². The quantitative estimate of drug-likeness (QED) is 0.778. The molecule has 0 aromatic heterocycles. The van der Waals surface area contributed by atoms with Gasteiger partial charge >= 0.3 is 0 Å². The summed E-state index contributed by atoms with van der Waals surface area (Å²) in [4.78, 5) is 2.02. The smallest absolute Gasteiger partial charge is 0.146 e. The molecule has 0 spiro atoms. The van der Waals surface area contributed by atoms with E-state index in [9.17, 15) is 4.39 Å². The number of aliphatic hydroxyl groups is 1. The summed E-state index contributed by atoms with van der Waals surface area (Å²) >= 11 is 0. The zero-order valence-electron chi connectivity index (χ0n) is 10.8. The summed E-state index contributed by atoms with van der Waals surface area (Å²) in [6, 6.07) is 5.59. The highest BCUT2D eigenvalue weighted by Crippen LogP contribution is 2.35. The van der Waals surface area contributed by atoms with Crippen LogP contribution in [0.1, 0.15) is 25.3 Å². The molecule has 0 heterocycles. The molecular formula is C14H21FN2O. The number of anilines is 1. The lowest BCUT2D eigenvalue weighted by Gasteiger charge is -2.27. The van der Waals surface area contributed by atoms with Gasteiger partial charge in [0.2, 0.25) is 0 Å². The van der Waals surface area contributed by atoms with Crippen LogP contribution in [0, 0.1) is 5.82 Å². The van der Waals surface area contributed by atoms with Gasteiger partial charge in [0.25, 0.3) is 0 Å². The first-order valence-corrected chi connectivity index (χ1v) is 6.63. The Balaban J connectivity index is 2.26. The highest BCUT2D eigenvalue weighted by atomic mass is 19.1. The van der Waals surface area contributed by atoms with Crippen LogP contribution in [0.4, 0.5) is 10.1 Å². The molecule has 0 amide bonds. The van der Waals surface area contributed by atoms with Crippen molar-refractivity contribution in [3.05, 3.63) is 29.6 Å². The molecular weight excluding hydrogens is 231 g/mol. The lowest BCUT2D eigenvalue weighted by Crippen LogP contribution is -2.31. The SMILES string of the molecule is CCNCc1cccc(F)c1N(CCO)C1CC1. The van der Waals surface area contributed by atoms with Gasteiger partial charge in [0, 0.05) is 19.1 Å². The topological polar surface area (TPSA) is 35.5 Å². The van der Waals surface area contributed by atoms with Gasteiger partial charge in [-0.1, -0.05) is 19.1 Å². The number of hydrogen-bond donors (Lipinski definition) is 2. The van der Waals surface area contributed by atoms with E-state index in [4.69, 9.17) is 5.11 Å². The van der Waals surface area contributed by atoms with Gasteiger partial charge in [-0.3, -0.25) is 0 Å². The van der Waals surface area contributed by atoms with Crippen LogP contribution < -0.4 is 10.2 Å². The average Bonchev–Trinajstić information content (AvgIpc) is 3.18. The van der Waals surface area contributed by atoms with E-state index in [1.54, 1.807) is 6.07 Å². The fourth-order valence-electron chi connectivity index (χ4n) is 2.25. The maximum Gasteiger partial charge on any atom is 0.146 e. The monoisotopic (exact) mass is 252 g/mol. The molecule has 2 N–H and O–H groups in total. The largest absolute Gasteiger partial charge is 0.395 e. The van der Waals surface area contributed by atoms with Gasteiger partial charge in [-0.15, -0.1) is 0 Å². The maximum absolute atomic E-state index is 14.1. The van der Waals surface area contributed by atoms with Crippen molar-refractivity contribution in [2.24, 2.45) is 0 Å². The van der Waals surface area contributed by atoms with Gasteiger partial charge in [0.15, 0.2) is 0 Å².